The fourth-order valence-electron chi connectivity index (χ4n) is 2.61. The van der Waals surface area contributed by atoms with E-state index in [0.717, 1.165) is 43.0 Å². The molecular weight excluding hydrogens is 350 g/mol. The van der Waals surface area contributed by atoms with Gasteiger partial charge in [-0.3, -0.25) is 0 Å². The van der Waals surface area contributed by atoms with Gasteiger partial charge in [0.05, 0.1) is 5.71 Å². The second-order valence-corrected chi connectivity index (χ2v) is 7.07. The lowest BCUT2D eigenvalue weighted by Gasteiger charge is -2.15. The monoisotopic (exact) mass is 389 g/mol. The number of nitrogens with zero attached hydrogens (tertiary/aromatic N) is 2. The number of aldehydes is 1. The molecule has 1 heterocycles. The first kappa shape index (κ1) is 26.0. The normalized spacial score (nSPS) is 17.5. The van der Waals surface area contributed by atoms with Gasteiger partial charge in [0.1, 0.15) is 12.0 Å². The molecule has 0 radical (unpaired) electrons. The van der Waals surface area contributed by atoms with E-state index in [1.807, 2.05) is 18.2 Å². The van der Waals surface area contributed by atoms with Crippen LogP contribution in [-0.4, -0.2) is 43.6 Å². The average Bonchev–Trinajstić information content (AvgIpc) is 3.16. The Hall–Kier alpha value is -1.98. The lowest BCUT2D eigenvalue weighted by molar-refractivity contribution is -0.106. The molecule has 1 aromatic rings. The summed E-state index contributed by atoms with van der Waals surface area (Å²) < 4.78 is 0. The van der Waals surface area contributed by atoms with E-state index in [1.165, 1.54) is 6.42 Å². The smallest absolute Gasteiger partial charge is 0.133 e. The maximum absolute atomic E-state index is 9.05. The minimum atomic E-state index is 0.139. The van der Waals surface area contributed by atoms with Crippen molar-refractivity contribution < 1.29 is 9.63 Å². The maximum atomic E-state index is 9.05. The second kappa shape index (κ2) is 16.0. The number of rotatable bonds is 7. The molecule has 1 fully saturated rings. The molecule has 0 amide bonds. The van der Waals surface area contributed by atoms with Gasteiger partial charge in [0.25, 0.3) is 0 Å². The molecule has 0 saturated carbocycles. The molecule has 1 aliphatic rings. The molecule has 1 aromatic carbocycles. The van der Waals surface area contributed by atoms with Crippen molar-refractivity contribution >= 4 is 12.0 Å². The highest BCUT2D eigenvalue weighted by Gasteiger charge is 2.24. The van der Waals surface area contributed by atoms with Crippen LogP contribution in [0.5, 0.6) is 0 Å². The van der Waals surface area contributed by atoms with Crippen molar-refractivity contribution in [2.45, 2.75) is 47.0 Å². The first-order chi connectivity index (χ1) is 13.4. The standard InChI is InChI=1S/C18H26N2O.C3H8.C2H5NO/c1-5-14(2)18(16-9-7-6-8-10-16)19-21-15(3)17-11-12-20(4)13-17;1-3-2;3-1-2-4/h6-10,14,17H,3,5,11-13H2,1-2,4H3;3H2,1-2H3;2H,1,3H2/b19-18+;;. The van der Waals surface area contributed by atoms with Crippen LogP contribution in [0.1, 0.15) is 52.5 Å². The van der Waals surface area contributed by atoms with Crippen molar-refractivity contribution in [2.24, 2.45) is 22.7 Å². The molecule has 2 N–H and O–H groups in total. The Bertz CT molecular complexity index is 572. The maximum Gasteiger partial charge on any atom is 0.133 e. The first-order valence-corrected chi connectivity index (χ1v) is 10.3. The van der Waals surface area contributed by atoms with Gasteiger partial charge >= 0.3 is 0 Å². The van der Waals surface area contributed by atoms with Crippen LogP contribution < -0.4 is 5.73 Å². The number of nitrogens with two attached hydrogens (primary N) is 1. The predicted octanol–water partition coefficient (Wildman–Crippen LogP) is 4.48. The Labute approximate surface area is 171 Å². The van der Waals surface area contributed by atoms with Gasteiger partial charge in [-0.15, -0.1) is 0 Å². The summed E-state index contributed by atoms with van der Waals surface area (Å²) in [6.45, 7) is 14.9. The Balaban J connectivity index is 0.000000904. The highest BCUT2D eigenvalue weighted by Crippen LogP contribution is 2.23. The molecule has 0 bridgehead atoms. The average molecular weight is 390 g/mol. The van der Waals surface area contributed by atoms with Crippen molar-refractivity contribution in [1.82, 2.24) is 4.90 Å². The van der Waals surface area contributed by atoms with Crippen molar-refractivity contribution in [1.29, 1.82) is 0 Å². The summed E-state index contributed by atoms with van der Waals surface area (Å²) in [7, 11) is 2.13. The van der Waals surface area contributed by atoms with Gasteiger partial charge in [0.2, 0.25) is 0 Å². The number of hydrogen-bond donors (Lipinski definition) is 1. The van der Waals surface area contributed by atoms with E-state index in [0.29, 0.717) is 18.1 Å². The zero-order chi connectivity index (χ0) is 21.4. The third-order valence-electron chi connectivity index (χ3n) is 4.35. The third-order valence-corrected chi connectivity index (χ3v) is 4.35. The van der Waals surface area contributed by atoms with Crippen LogP contribution in [0.3, 0.4) is 0 Å². The lowest BCUT2D eigenvalue weighted by Crippen LogP contribution is -2.16. The Morgan fingerprint density at radius 2 is 1.93 bits per heavy atom. The minimum Gasteiger partial charge on any atom is -0.361 e. The zero-order valence-corrected chi connectivity index (χ0v) is 18.4. The predicted molar refractivity (Wildman–Crippen MR) is 119 cm³/mol. The summed E-state index contributed by atoms with van der Waals surface area (Å²) >= 11 is 0. The zero-order valence-electron chi connectivity index (χ0n) is 18.4. The summed E-state index contributed by atoms with van der Waals surface area (Å²) in [5.41, 5.74) is 6.79. The molecule has 0 aliphatic carbocycles. The van der Waals surface area contributed by atoms with E-state index < -0.39 is 0 Å². The summed E-state index contributed by atoms with van der Waals surface area (Å²) in [6, 6.07) is 10.3. The van der Waals surface area contributed by atoms with Crippen LogP contribution in [0.2, 0.25) is 0 Å². The quantitative estimate of drug-likeness (QED) is 0.323. The Morgan fingerprint density at radius 3 is 2.36 bits per heavy atom. The summed E-state index contributed by atoms with van der Waals surface area (Å²) in [5, 5.41) is 4.43. The van der Waals surface area contributed by atoms with Crippen LogP contribution >= 0.6 is 0 Å². The van der Waals surface area contributed by atoms with Crippen LogP contribution in [0.25, 0.3) is 0 Å². The molecule has 2 unspecified atom stereocenters. The highest BCUT2D eigenvalue weighted by molar-refractivity contribution is 6.01. The highest BCUT2D eigenvalue weighted by atomic mass is 16.6. The van der Waals surface area contributed by atoms with Crippen LogP contribution in [-0.2, 0) is 9.63 Å². The van der Waals surface area contributed by atoms with E-state index in [4.69, 9.17) is 9.63 Å². The fourth-order valence-corrected chi connectivity index (χ4v) is 2.61. The molecule has 0 aromatic heterocycles. The van der Waals surface area contributed by atoms with Crippen molar-refractivity contribution in [2.75, 3.05) is 26.7 Å². The molecule has 5 nitrogen and oxygen atoms in total. The van der Waals surface area contributed by atoms with E-state index in [9.17, 15) is 0 Å². The van der Waals surface area contributed by atoms with E-state index in [-0.39, 0.29) is 6.54 Å². The van der Waals surface area contributed by atoms with Crippen molar-refractivity contribution in [3.63, 3.8) is 0 Å². The minimum absolute atomic E-state index is 0.139. The first-order valence-electron chi connectivity index (χ1n) is 10.3. The van der Waals surface area contributed by atoms with Gasteiger partial charge in [-0.2, -0.15) is 0 Å². The number of carbonyl (C=O) groups excluding carboxylic acids is 1. The molecule has 2 rings (SSSR count). The van der Waals surface area contributed by atoms with Gasteiger partial charge in [0, 0.05) is 24.9 Å². The van der Waals surface area contributed by atoms with Crippen molar-refractivity contribution in [3.8, 4) is 0 Å². The number of hydrogen-bond acceptors (Lipinski definition) is 5. The van der Waals surface area contributed by atoms with Gasteiger partial charge in [-0.05, 0) is 32.0 Å². The Morgan fingerprint density at radius 1 is 1.36 bits per heavy atom. The molecule has 0 spiro atoms. The number of oxime groups is 1. The largest absolute Gasteiger partial charge is 0.361 e. The molecule has 158 valence electrons. The molecule has 1 saturated heterocycles. The van der Waals surface area contributed by atoms with Crippen LogP contribution in [0.15, 0.2) is 47.8 Å². The van der Waals surface area contributed by atoms with Gasteiger partial charge < -0.3 is 20.3 Å². The van der Waals surface area contributed by atoms with Crippen molar-refractivity contribution in [3.05, 3.63) is 48.2 Å². The molecule has 1 aliphatic heterocycles. The molecule has 5 heteroatoms. The lowest BCUT2D eigenvalue weighted by atomic mass is 9.96. The number of benzene rings is 1. The van der Waals surface area contributed by atoms with E-state index in [2.05, 4.69) is 69.2 Å². The molecular formula is C23H39N3O2. The Kier molecular flexibility index (Phi) is 14.9. The second-order valence-electron chi connectivity index (χ2n) is 7.07. The number of carbonyl (C=O) groups is 1. The van der Waals surface area contributed by atoms with Gasteiger partial charge in [-0.25, -0.2) is 0 Å². The SMILES string of the molecule is C=C(O/N=C(/c1ccccc1)C(C)CC)C1CCN(C)C1.CCC.NCC=O. The van der Waals surface area contributed by atoms with Gasteiger partial charge in [-0.1, -0.05) is 76.2 Å². The number of likely N-dealkylation sites (tertiary alicyclic amines) is 1. The topological polar surface area (TPSA) is 67.9 Å². The summed E-state index contributed by atoms with van der Waals surface area (Å²) in [4.78, 5) is 17.0. The fraction of sp³-hybridized carbons (Fsp3) is 0.565. The van der Waals surface area contributed by atoms with Crippen LogP contribution in [0.4, 0.5) is 0 Å². The molecule has 2 atom stereocenters. The van der Waals surface area contributed by atoms with Crippen LogP contribution in [0, 0.1) is 11.8 Å². The molecule has 28 heavy (non-hydrogen) atoms. The van der Waals surface area contributed by atoms with Gasteiger partial charge in [0.15, 0.2) is 0 Å². The summed E-state index contributed by atoms with van der Waals surface area (Å²) in [5.74, 6) is 1.55. The van der Waals surface area contributed by atoms with E-state index >= 15 is 0 Å². The van der Waals surface area contributed by atoms with E-state index in [1.54, 1.807) is 0 Å². The third kappa shape index (κ3) is 10.4. The summed E-state index contributed by atoms with van der Waals surface area (Å²) in [6.07, 6.45) is 4.05.